The van der Waals surface area contributed by atoms with Crippen LogP contribution in [0.1, 0.15) is 30.0 Å². The largest absolute Gasteiger partial charge is 0.308 e. The Balaban J connectivity index is 1.82. The van der Waals surface area contributed by atoms with Crippen LogP contribution in [0, 0.1) is 12.3 Å². The second-order valence-electron chi connectivity index (χ2n) is 5.47. The molecule has 1 aliphatic rings. The molecule has 90 valence electrons. The molecular weight excluding hydrogens is 234 g/mol. The lowest BCUT2D eigenvalue weighted by Crippen LogP contribution is -2.39. The Hall–Kier alpha value is 0.01000. The highest BCUT2D eigenvalue weighted by Crippen LogP contribution is 2.33. The molecule has 1 aliphatic heterocycles. The summed E-state index contributed by atoms with van der Waals surface area (Å²) < 4.78 is 0. The average molecular weight is 255 g/mol. The second-order valence-corrected chi connectivity index (χ2v) is 7.88. The van der Waals surface area contributed by atoms with Gasteiger partial charge < -0.3 is 5.32 Å². The smallest absolute Gasteiger partial charge is 0.0302 e. The van der Waals surface area contributed by atoms with E-state index in [2.05, 4.69) is 50.0 Å². The van der Waals surface area contributed by atoms with Gasteiger partial charge in [-0.15, -0.1) is 11.3 Å². The molecule has 0 amide bonds. The first-order chi connectivity index (χ1) is 7.55. The number of thioether (sulfide) groups is 1. The molecule has 0 radical (unpaired) electrons. The molecule has 1 aromatic heterocycles. The zero-order valence-electron chi connectivity index (χ0n) is 10.4. The number of aryl methyl sites for hydroxylation is 1. The molecule has 1 nitrogen and oxygen atoms in total. The Morgan fingerprint density at radius 3 is 2.88 bits per heavy atom. The molecule has 3 heteroatoms. The summed E-state index contributed by atoms with van der Waals surface area (Å²) in [6.07, 6.45) is 1.31. The molecular formula is C13H21NS2. The van der Waals surface area contributed by atoms with Crippen molar-refractivity contribution in [2.24, 2.45) is 5.41 Å². The van der Waals surface area contributed by atoms with Crippen LogP contribution in [0.2, 0.25) is 0 Å². The van der Waals surface area contributed by atoms with Crippen LogP contribution in [0.25, 0.3) is 0 Å². The maximum Gasteiger partial charge on any atom is 0.0302 e. The van der Waals surface area contributed by atoms with Crippen molar-refractivity contribution in [3.8, 4) is 0 Å². The molecule has 1 fully saturated rings. The van der Waals surface area contributed by atoms with E-state index in [4.69, 9.17) is 0 Å². The van der Waals surface area contributed by atoms with Crippen molar-refractivity contribution in [3.05, 3.63) is 21.9 Å². The zero-order valence-corrected chi connectivity index (χ0v) is 12.0. The van der Waals surface area contributed by atoms with Gasteiger partial charge in [0.15, 0.2) is 0 Å². The van der Waals surface area contributed by atoms with E-state index in [9.17, 15) is 0 Å². The fourth-order valence-electron chi connectivity index (χ4n) is 2.22. The molecule has 2 heterocycles. The van der Waals surface area contributed by atoms with Gasteiger partial charge in [-0.25, -0.2) is 0 Å². The normalized spacial score (nSPS) is 24.6. The molecule has 1 N–H and O–H groups in total. The summed E-state index contributed by atoms with van der Waals surface area (Å²) in [5, 5.41) is 3.70. The lowest BCUT2D eigenvalue weighted by Gasteiger charge is -2.35. The number of nitrogens with one attached hydrogen (secondary N) is 1. The first-order valence-corrected chi connectivity index (χ1v) is 7.89. The van der Waals surface area contributed by atoms with Gasteiger partial charge in [0.1, 0.15) is 0 Å². The maximum absolute atomic E-state index is 3.70. The highest BCUT2D eigenvalue weighted by molar-refractivity contribution is 7.99. The van der Waals surface area contributed by atoms with E-state index in [1.807, 2.05) is 11.3 Å². The van der Waals surface area contributed by atoms with Gasteiger partial charge in [0.2, 0.25) is 0 Å². The highest BCUT2D eigenvalue weighted by Gasteiger charge is 2.27. The lowest BCUT2D eigenvalue weighted by atomic mass is 9.88. The molecule has 1 aromatic rings. The predicted molar refractivity (Wildman–Crippen MR) is 75.4 cm³/mol. The summed E-state index contributed by atoms with van der Waals surface area (Å²) >= 11 is 4.00. The zero-order chi connectivity index (χ0) is 11.6. The third-order valence-corrected chi connectivity index (χ3v) is 5.60. The molecule has 0 aliphatic carbocycles. The van der Waals surface area contributed by atoms with Crippen molar-refractivity contribution >= 4 is 23.1 Å². The van der Waals surface area contributed by atoms with E-state index in [-0.39, 0.29) is 0 Å². The Morgan fingerprint density at radius 2 is 2.25 bits per heavy atom. The predicted octanol–water partition coefficient (Wildman–Crippen LogP) is 3.68. The third kappa shape index (κ3) is 3.51. The van der Waals surface area contributed by atoms with Gasteiger partial charge in [0.05, 0.1) is 0 Å². The third-order valence-electron chi connectivity index (χ3n) is 2.97. The number of hydrogen-bond acceptors (Lipinski definition) is 3. The van der Waals surface area contributed by atoms with Gasteiger partial charge >= 0.3 is 0 Å². The monoisotopic (exact) mass is 255 g/mol. The van der Waals surface area contributed by atoms with Crippen molar-refractivity contribution in [1.82, 2.24) is 5.32 Å². The summed E-state index contributed by atoms with van der Waals surface area (Å²) in [5.41, 5.74) is 0.506. The van der Waals surface area contributed by atoms with E-state index in [1.165, 1.54) is 27.7 Å². The summed E-state index contributed by atoms with van der Waals surface area (Å²) in [6, 6.07) is 5.14. The Kier molecular flexibility index (Phi) is 3.98. The van der Waals surface area contributed by atoms with E-state index >= 15 is 0 Å². The molecule has 2 rings (SSSR count). The molecule has 1 saturated heterocycles. The quantitative estimate of drug-likeness (QED) is 0.884. The molecule has 16 heavy (non-hydrogen) atoms. The standard InChI is InChI=1S/C13H21NS2/c1-10-4-5-12(16-10)7-14-11-6-13(2,3)9-15-8-11/h4-5,11,14H,6-9H2,1-3H3. The van der Waals surface area contributed by atoms with Crippen molar-refractivity contribution < 1.29 is 0 Å². The highest BCUT2D eigenvalue weighted by atomic mass is 32.2. The molecule has 0 aromatic carbocycles. The van der Waals surface area contributed by atoms with Crippen molar-refractivity contribution in [2.75, 3.05) is 11.5 Å². The van der Waals surface area contributed by atoms with Crippen molar-refractivity contribution in [1.29, 1.82) is 0 Å². The van der Waals surface area contributed by atoms with E-state index in [0.29, 0.717) is 11.5 Å². The average Bonchev–Trinajstić information content (AvgIpc) is 2.60. The van der Waals surface area contributed by atoms with Gasteiger partial charge in [-0.2, -0.15) is 11.8 Å². The van der Waals surface area contributed by atoms with Crippen LogP contribution in [0.3, 0.4) is 0 Å². The van der Waals surface area contributed by atoms with Crippen LogP contribution in [-0.4, -0.2) is 17.5 Å². The van der Waals surface area contributed by atoms with Gasteiger partial charge in [-0.05, 0) is 36.6 Å². The Bertz CT molecular complexity index is 343. The topological polar surface area (TPSA) is 12.0 Å². The minimum Gasteiger partial charge on any atom is -0.308 e. The second kappa shape index (κ2) is 5.11. The van der Waals surface area contributed by atoms with Crippen LogP contribution < -0.4 is 5.32 Å². The van der Waals surface area contributed by atoms with Crippen LogP contribution in [0.4, 0.5) is 0 Å². The molecule has 1 atom stereocenters. The van der Waals surface area contributed by atoms with Crippen molar-refractivity contribution in [2.45, 2.75) is 39.8 Å². The maximum atomic E-state index is 3.70. The Labute approximate surface area is 107 Å². The lowest BCUT2D eigenvalue weighted by molar-refractivity contribution is 0.318. The number of thiophene rings is 1. The number of hydrogen-bond donors (Lipinski definition) is 1. The molecule has 1 unspecified atom stereocenters. The molecule has 0 spiro atoms. The summed E-state index contributed by atoms with van der Waals surface area (Å²) in [5.74, 6) is 2.58. The van der Waals surface area contributed by atoms with Gasteiger partial charge in [0, 0.05) is 28.1 Å². The first-order valence-electron chi connectivity index (χ1n) is 5.92. The van der Waals surface area contributed by atoms with Gasteiger partial charge in [0.25, 0.3) is 0 Å². The molecule has 0 bridgehead atoms. The SMILES string of the molecule is Cc1ccc(CNC2CSCC(C)(C)C2)s1. The van der Waals surface area contributed by atoms with Gasteiger partial charge in [-0.1, -0.05) is 13.8 Å². The summed E-state index contributed by atoms with van der Waals surface area (Å²) in [7, 11) is 0. The van der Waals surface area contributed by atoms with Crippen LogP contribution in [0.5, 0.6) is 0 Å². The van der Waals surface area contributed by atoms with Crippen molar-refractivity contribution in [3.63, 3.8) is 0 Å². The molecule has 0 saturated carbocycles. The summed E-state index contributed by atoms with van der Waals surface area (Å²) in [6.45, 7) is 7.97. The van der Waals surface area contributed by atoms with E-state index in [0.717, 1.165) is 6.54 Å². The van der Waals surface area contributed by atoms with Crippen LogP contribution >= 0.6 is 23.1 Å². The summed E-state index contributed by atoms with van der Waals surface area (Å²) in [4.78, 5) is 2.88. The van der Waals surface area contributed by atoms with Crippen LogP contribution in [-0.2, 0) is 6.54 Å². The number of rotatable bonds is 3. The van der Waals surface area contributed by atoms with E-state index < -0.39 is 0 Å². The van der Waals surface area contributed by atoms with Crippen LogP contribution in [0.15, 0.2) is 12.1 Å². The fraction of sp³-hybridized carbons (Fsp3) is 0.692. The van der Waals surface area contributed by atoms with Gasteiger partial charge in [-0.3, -0.25) is 0 Å². The first kappa shape index (κ1) is 12.5. The minimum atomic E-state index is 0.506. The minimum absolute atomic E-state index is 0.506. The fourth-order valence-corrected chi connectivity index (χ4v) is 4.37. The Morgan fingerprint density at radius 1 is 1.44 bits per heavy atom. The van der Waals surface area contributed by atoms with E-state index in [1.54, 1.807) is 0 Å².